The van der Waals surface area contributed by atoms with Crippen molar-refractivity contribution in [3.8, 4) is 22.4 Å². The number of carbonyl (C=O) groups excluding carboxylic acids is 1. The van der Waals surface area contributed by atoms with E-state index in [2.05, 4.69) is 42.2 Å². The second-order valence-corrected chi connectivity index (χ2v) is 7.89. The molecule has 4 rings (SSSR count). The predicted molar refractivity (Wildman–Crippen MR) is 123 cm³/mol. The van der Waals surface area contributed by atoms with E-state index in [0.717, 1.165) is 39.1 Å². The third-order valence-corrected chi connectivity index (χ3v) is 5.39. The Balaban J connectivity index is 0.00000272. The first kappa shape index (κ1) is 22.8. The average Bonchev–Trinajstić information content (AvgIpc) is 2.74. The van der Waals surface area contributed by atoms with Gasteiger partial charge in [0.1, 0.15) is 0 Å². The Hall–Kier alpha value is -2.83. The summed E-state index contributed by atoms with van der Waals surface area (Å²) in [6.45, 7) is 8.10. The fourth-order valence-corrected chi connectivity index (χ4v) is 3.88. The molecule has 0 spiro atoms. The molecule has 0 amide bonds. The maximum Gasteiger partial charge on any atom is 0.193 e. The fraction of sp³-hybridized carbons (Fsp3) is 0.143. The van der Waals surface area contributed by atoms with Crippen LogP contribution in [-0.2, 0) is 21.1 Å². The minimum Gasteiger partial charge on any atom is -0.304 e. The molecule has 3 aromatic carbocycles. The Labute approximate surface area is 198 Å². The molecule has 0 aliphatic rings. The van der Waals surface area contributed by atoms with Crippen LogP contribution in [0.2, 0.25) is 0 Å². The first-order chi connectivity index (χ1) is 14.4. The van der Waals surface area contributed by atoms with E-state index >= 15 is 0 Å². The van der Waals surface area contributed by atoms with E-state index < -0.39 is 0 Å². The minimum atomic E-state index is 0. The molecule has 0 N–H and O–H groups in total. The Kier molecular flexibility index (Phi) is 7.03. The standard InChI is InChI=1S/C28H24NO.Pt/c1-18-5-7-23(8-6-18)26-14-13-25(17-29-26)22-9-11-24(12-10-22)28(30)27-20(3)15-19(2)16-21(27)4;/h5-7,9-17H,1-4H3;/q-1;. The number of ketones is 1. The predicted octanol–water partition coefficient (Wildman–Crippen LogP) is 6.68. The second kappa shape index (κ2) is 9.54. The summed E-state index contributed by atoms with van der Waals surface area (Å²) in [7, 11) is 0. The van der Waals surface area contributed by atoms with E-state index in [1.54, 1.807) is 0 Å². The summed E-state index contributed by atoms with van der Waals surface area (Å²) in [6.07, 6.45) is 1.87. The van der Waals surface area contributed by atoms with Crippen LogP contribution in [0.1, 0.15) is 38.2 Å². The molecule has 0 radical (unpaired) electrons. The van der Waals surface area contributed by atoms with Crippen molar-refractivity contribution in [3.63, 3.8) is 0 Å². The van der Waals surface area contributed by atoms with Crippen LogP contribution < -0.4 is 0 Å². The third-order valence-electron chi connectivity index (χ3n) is 5.39. The molecule has 0 bridgehead atoms. The van der Waals surface area contributed by atoms with Crippen LogP contribution in [0, 0.1) is 33.8 Å². The summed E-state index contributed by atoms with van der Waals surface area (Å²) in [5.74, 6) is 0.0694. The van der Waals surface area contributed by atoms with Gasteiger partial charge in [0, 0.05) is 38.4 Å². The molecular weight excluding hydrogens is 561 g/mol. The molecule has 0 fully saturated rings. The van der Waals surface area contributed by atoms with Crippen molar-refractivity contribution in [2.75, 3.05) is 0 Å². The minimum absolute atomic E-state index is 0. The quantitative estimate of drug-likeness (QED) is 0.198. The number of carbonyl (C=O) groups is 1. The van der Waals surface area contributed by atoms with Gasteiger partial charge in [-0.2, -0.15) is 0 Å². The monoisotopic (exact) mass is 585 g/mol. The smallest absolute Gasteiger partial charge is 0.193 e. The topological polar surface area (TPSA) is 30.0 Å². The van der Waals surface area contributed by atoms with Gasteiger partial charge in [-0.1, -0.05) is 61.0 Å². The number of hydrogen-bond donors (Lipinski definition) is 0. The van der Waals surface area contributed by atoms with E-state index in [9.17, 15) is 4.79 Å². The molecule has 3 heteroatoms. The van der Waals surface area contributed by atoms with Gasteiger partial charge < -0.3 is 4.98 Å². The van der Waals surface area contributed by atoms with E-state index in [0.29, 0.717) is 5.56 Å². The Morgan fingerprint density at radius 1 is 0.774 bits per heavy atom. The van der Waals surface area contributed by atoms with Gasteiger partial charge in [0.25, 0.3) is 0 Å². The Morgan fingerprint density at radius 2 is 1.42 bits per heavy atom. The third kappa shape index (κ3) is 4.92. The number of hydrogen-bond acceptors (Lipinski definition) is 2. The summed E-state index contributed by atoms with van der Waals surface area (Å²) in [5.41, 5.74) is 9.85. The van der Waals surface area contributed by atoms with Gasteiger partial charge in [0.15, 0.2) is 5.78 Å². The van der Waals surface area contributed by atoms with Crippen LogP contribution >= 0.6 is 0 Å². The zero-order valence-electron chi connectivity index (χ0n) is 18.1. The van der Waals surface area contributed by atoms with Gasteiger partial charge in [-0.05, 0) is 48.7 Å². The summed E-state index contributed by atoms with van der Waals surface area (Å²) >= 11 is 0. The molecule has 31 heavy (non-hydrogen) atoms. The zero-order chi connectivity index (χ0) is 21.3. The van der Waals surface area contributed by atoms with Crippen molar-refractivity contribution >= 4 is 5.78 Å². The first-order valence-corrected chi connectivity index (χ1v) is 10.1. The zero-order valence-corrected chi connectivity index (χ0v) is 20.4. The molecule has 4 aromatic rings. The Bertz CT molecular complexity index is 1180. The van der Waals surface area contributed by atoms with E-state index in [-0.39, 0.29) is 26.8 Å². The molecule has 2 nitrogen and oxygen atoms in total. The summed E-state index contributed by atoms with van der Waals surface area (Å²) in [5, 5.41) is 0. The molecule has 0 atom stereocenters. The van der Waals surface area contributed by atoms with Gasteiger partial charge in [-0.3, -0.25) is 4.79 Å². The van der Waals surface area contributed by atoms with Crippen LogP contribution in [0.25, 0.3) is 22.4 Å². The molecule has 0 saturated carbocycles. The van der Waals surface area contributed by atoms with E-state index in [1.807, 2.05) is 69.4 Å². The number of benzene rings is 3. The van der Waals surface area contributed by atoms with Crippen molar-refractivity contribution in [1.82, 2.24) is 4.98 Å². The van der Waals surface area contributed by atoms with Gasteiger partial charge >= 0.3 is 0 Å². The maximum atomic E-state index is 13.1. The van der Waals surface area contributed by atoms with Gasteiger partial charge in [-0.25, -0.2) is 0 Å². The number of rotatable bonds is 4. The molecule has 0 saturated heterocycles. The molecule has 1 aromatic heterocycles. The molecule has 0 unspecified atom stereocenters. The van der Waals surface area contributed by atoms with Crippen LogP contribution in [0.4, 0.5) is 0 Å². The normalized spacial score (nSPS) is 10.5. The second-order valence-electron chi connectivity index (χ2n) is 7.89. The maximum absolute atomic E-state index is 13.1. The number of aromatic nitrogens is 1. The fourth-order valence-electron chi connectivity index (χ4n) is 3.88. The van der Waals surface area contributed by atoms with Crippen molar-refractivity contribution < 1.29 is 25.9 Å². The van der Waals surface area contributed by atoms with Gasteiger partial charge in [0.2, 0.25) is 0 Å². The SMILES string of the molecule is Cc1c[c-]c(-c2ccc(-c3ccc(C(=O)c4c(C)cc(C)cc4C)cc3)cn2)cc1.[Pt]. The number of nitrogens with zero attached hydrogens (tertiary/aromatic N) is 1. The number of pyridine rings is 1. The molecule has 158 valence electrons. The molecule has 0 aliphatic heterocycles. The van der Waals surface area contributed by atoms with Gasteiger partial charge in [0.05, 0.1) is 0 Å². The molecular formula is C28H24NOPt-. The average molecular weight is 586 g/mol. The molecule has 0 aliphatic carbocycles. The Morgan fingerprint density at radius 3 is 1.97 bits per heavy atom. The van der Waals surface area contributed by atoms with Crippen molar-refractivity contribution in [2.24, 2.45) is 0 Å². The van der Waals surface area contributed by atoms with Crippen LogP contribution in [-0.4, -0.2) is 10.8 Å². The van der Waals surface area contributed by atoms with Crippen molar-refractivity contribution in [3.05, 3.63) is 112 Å². The first-order valence-electron chi connectivity index (χ1n) is 10.1. The summed E-state index contributed by atoms with van der Waals surface area (Å²) in [4.78, 5) is 17.7. The van der Waals surface area contributed by atoms with Crippen LogP contribution in [0.3, 0.4) is 0 Å². The molecule has 1 heterocycles. The van der Waals surface area contributed by atoms with Crippen molar-refractivity contribution in [2.45, 2.75) is 27.7 Å². The summed E-state index contributed by atoms with van der Waals surface area (Å²) < 4.78 is 0. The van der Waals surface area contributed by atoms with Crippen LogP contribution in [0.15, 0.2) is 72.9 Å². The van der Waals surface area contributed by atoms with Crippen molar-refractivity contribution in [1.29, 1.82) is 0 Å². The largest absolute Gasteiger partial charge is 0.304 e. The summed E-state index contributed by atoms with van der Waals surface area (Å²) in [6, 6.07) is 25.3. The number of aryl methyl sites for hydroxylation is 4. The van der Waals surface area contributed by atoms with E-state index in [1.165, 1.54) is 11.1 Å². The van der Waals surface area contributed by atoms with Gasteiger partial charge in [-0.15, -0.1) is 35.4 Å². The van der Waals surface area contributed by atoms with Crippen LogP contribution in [0.5, 0.6) is 0 Å². The van der Waals surface area contributed by atoms with E-state index in [4.69, 9.17) is 0 Å².